The minimum Gasteiger partial charge on any atom is -0.479 e. The van der Waals surface area contributed by atoms with Gasteiger partial charge in [-0.3, -0.25) is 0 Å². The van der Waals surface area contributed by atoms with Crippen LogP contribution in [0.5, 0.6) is 0 Å². The molecule has 1 aromatic carbocycles. The molecule has 2 nitrogen and oxygen atoms in total. The van der Waals surface area contributed by atoms with Gasteiger partial charge in [0.25, 0.3) is 0 Å². The summed E-state index contributed by atoms with van der Waals surface area (Å²) in [6.07, 6.45) is 0. The SMILES string of the molecule is CC(C)(O)C(=S)OCc1ccccc1. The Morgan fingerprint density at radius 3 is 2.43 bits per heavy atom. The van der Waals surface area contributed by atoms with E-state index in [0.29, 0.717) is 6.61 Å². The van der Waals surface area contributed by atoms with E-state index in [2.05, 4.69) is 0 Å². The molecule has 14 heavy (non-hydrogen) atoms. The van der Waals surface area contributed by atoms with Crippen LogP contribution in [-0.2, 0) is 11.3 Å². The van der Waals surface area contributed by atoms with Crippen LogP contribution in [0.4, 0.5) is 0 Å². The highest BCUT2D eigenvalue weighted by Crippen LogP contribution is 2.09. The van der Waals surface area contributed by atoms with Crippen molar-refractivity contribution in [1.82, 2.24) is 0 Å². The molecule has 0 radical (unpaired) electrons. The largest absolute Gasteiger partial charge is 0.479 e. The lowest BCUT2D eigenvalue weighted by Crippen LogP contribution is -2.31. The average Bonchev–Trinajstić information content (AvgIpc) is 2.14. The summed E-state index contributed by atoms with van der Waals surface area (Å²) in [5, 5.41) is 9.72. The Morgan fingerprint density at radius 2 is 1.93 bits per heavy atom. The zero-order valence-corrected chi connectivity index (χ0v) is 9.17. The van der Waals surface area contributed by atoms with Crippen molar-refractivity contribution in [3.63, 3.8) is 0 Å². The molecule has 0 amide bonds. The van der Waals surface area contributed by atoms with Gasteiger partial charge in [-0.25, -0.2) is 0 Å². The molecular weight excluding hydrogens is 196 g/mol. The highest BCUT2D eigenvalue weighted by Gasteiger charge is 2.20. The molecular formula is C11H14O2S. The molecule has 0 bridgehead atoms. The van der Waals surface area contributed by atoms with Gasteiger partial charge in [-0.1, -0.05) is 30.3 Å². The van der Waals surface area contributed by atoms with E-state index in [1.54, 1.807) is 13.8 Å². The highest BCUT2D eigenvalue weighted by molar-refractivity contribution is 7.80. The standard InChI is InChI=1S/C11H14O2S/c1-11(2,12)10(14)13-8-9-6-4-3-5-7-9/h3-7,12H,8H2,1-2H3. The molecule has 1 rings (SSSR count). The quantitative estimate of drug-likeness (QED) is 0.776. The molecule has 76 valence electrons. The topological polar surface area (TPSA) is 29.5 Å². The highest BCUT2D eigenvalue weighted by atomic mass is 32.1. The summed E-state index contributed by atoms with van der Waals surface area (Å²) in [7, 11) is 0. The number of aliphatic hydroxyl groups is 1. The third-order valence-corrected chi connectivity index (χ3v) is 2.33. The number of hydrogen-bond donors (Lipinski definition) is 1. The predicted octanol–water partition coefficient (Wildman–Crippen LogP) is 2.30. The van der Waals surface area contributed by atoms with Gasteiger partial charge in [0.05, 0.1) is 0 Å². The van der Waals surface area contributed by atoms with Crippen LogP contribution in [0.1, 0.15) is 19.4 Å². The van der Waals surface area contributed by atoms with Crippen molar-refractivity contribution in [1.29, 1.82) is 0 Å². The number of hydrogen-bond acceptors (Lipinski definition) is 3. The molecule has 0 fully saturated rings. The summed E-state index contributed by atoms with van der Waals surface area (Å²) in [5.74, 6) is 0. The smallest absolute Gasteiger partial charge is 0.191 e. The lowest BCUT2D eigenvalue weighted by Gasteiger charge is -2.18. The molecule has 1 aromatic rings. The molecule has 0 aliphatic rings. The van der Waals surface area contributed by atoms with Gasteiger partial charge in [0.1, 0.15) is 12.2 Å². The fourth-order valence-electron chi connectivity index (χ4n) is 0.900. The molecule has 1 N–H and O–H groups in total. The second kappa shape index (κ2) is 4.53. The Morgan fingerprint density at radius 1 is 1.36 bits per heavy atom. The van der Waals surface area contributed by atoms with Gasteiger partial charge in [-0.05, 0) is 31.6 Å². The summed E-state index contributed by atoms with van der Waals surface area (Å²) in [6.45, 7) is 3.63. The van der Waals surface area contributed by atoms with Crippen molar-refractivity contribution in [2.45, 2.75) is 26.1 Å². The molecule has 0 saturated carbocycles. The zero-order chi connectivity index (χ0) is 10.6. The first kappa shape index (κ1) is 11.1. The molecule has 0 aromatic heterocycles. The van der Waals surface area contributed by atoms with Crippen LogP contribution in [0.2, 0.25) is 0 Å². The lowest BCUT2D eigenvalue weighted by atomic mass is 10.1. The molecule has 0 aliphatic carbocycles. The fourth-order valence-corrected chi connectivity index (χ4v) is 0.959. The van der Waals surface area contributed by atoms with E-state index in [-0.39, 0.29) is 5.05 Å². The first-order chi connectivity index (χ1) is 6.50. The van der Waals surface area contributed by atoms with Crippen molar-refractivity contribution >= 4 is 17.3 Å². The predicted molar refractivity (Wildman–Crippen MR) is 60.1 cm³/mol. The van der Waals surface area contributed by atoms with Gasteiger partial charge < -0.3 is 9.84 Å². The van der Waals surface area contributed by atoms with Crippen LogP contribution in [0.25, 0.3) is 0 Å². The lowest BCUT2D eigenvalue weighted by molar-refractivity contribution is 0.116. The summed E-state index contributed by atoms with van der Waals surface area (Å²) < 4.78 is 5.27. The van der Waals surface area contributed by atoms with E-state index in [1.807, 2.05) is 30.3 Å². The number of benzene rings is 1. The van der Waals surface area contributed by atoms with Crippen LogP contribution in [0.15, 0.2) is 30.3 Å². The molecule has 3 heteroatoms. The fraction of sp³-hybridized carbons (Fsp3) is 0.364. The van der Waals surface area contributed by atoms with E-state index >= 15 is 0 Å². The van der Waals surface area contributed by atoms with Crippen LogP contribution in [0, 0.1) is 0 Å². The van der Waals surface area contributed by atoms with Gasteiger partial charge in [0.15, 0.2) is 5.05 Å². The molecule has 0 aliphatic heterocycles. The summed E-state index contributed by atoms with van der Waals surface area (Å²) in [6, 6.07) is 9.72. The molecule has 0 spiro atoms. The second-order valence-corrected chi connectivity index (χ2v) is 3.99. The van der Waals surface area contributed by atoms with Gasteiger partial charge >= 0.3 is 0 Å². The molecule has 0 unspecified atom stereocenters. The molecule has 0 atom stereocenters. The van der Waals surface area contributed by atoms with Crippen LogP contribution in [0.3, 0.4) is 0 Å². The monoisotopic (exact) mass is 210 g/mol. The van der Waals surface area contributed by atoms with Crippen molar-refractivity contribution in [2.75, 3.05) is 0 Å². The van der Waals surface area contributed by atoms with E-state index in [0.717, 1.165) is 5.56 Å². The number of thiocarbonyl (C=S) groups is 1. The van der Waals surface area contributed by atoms with Crippen molar-refractivity contribution in [3.05, 3.63) is 35.9 Å². The summed E-state index contributed by atoms with van der Waals surface area (Å²) in [4.78, 5) is 0. The van der Waals surface area contributed by atoms with E-state index < -0.39 is 5.60 Å². The Balaban J connectivity index is 2.46. The van der Waals surface area contributed by atoms with Gasteiger partial charge in [0.2, 0.25) is 0 Å². The van der Waals surface area contributed by atoms with E-state index in [4.69, 9.17) is 17.0 Å². The Bertz CT molecular complexity index is 301. The van der Waals surface area contributed by atoms with Crippen molar-refractivity contribution in [3.8, 4) is 0 Å². The van der Waals surface area contributed by atoms with Gasteiger partial charge in [-0.2, -0.15) is 0 Å². The van der Waals surface area contributed by atoms with Gasteiger partial charge in [-0.15, -0.1) is 0 Å². The Labute approximate surface area is 89.5 Å². The third-order valence-electron chi connectivity index (χ3n) is 1.71. The Hall–Kier alpha value is -0.930. The van der Waals surface area contributed by atoms with Gasteiger partial charge in [0, 0.05) is 0 Å². The first-order valence-corrected chi connectivity index (χ1v) is 4.84. The maximum atomic E-state index is 9.50. The Kier molecular flexibility index (Phi) is 3.61. The molecule has 0 saturated heterocycles. The van der Waals surface area contributed by atoms with Crippen LogP contribution < -0.4 is 0 Å². The first-order valence-electron chi connectivity index (χ1n) is 4.43. The van der Waals surface area contributed by atoms with Crippen LogP contribution in [-0.4, -0.2) is 15.8 Å². The zero-order valence-electron chi connectivity index (χ0n) is 8.36. The second-order valence-electron chi connectivity index (χ2n) is 3.62. The number of rotatable bonds is 3. The maximum Gasteiger partial charge on any atom is 0.191 e. The minimum atomic E-state index is -1.05. The average molecular weight is 210 g/mol. The van der Waals surface area contributed by atoms with E-state index in [9.17, 15) is 5.11 Å². The third kappa shape index (κ3) is 3.44. The summed E-state index contributed by atoms with van der Waals surface area (Å²) in [5.41, 5.74) is -0.0106. The van der Waals surface area contributed by atoms with Crippen molar-refractivity contribution in [2.24, 2.45) is 0 Å². The van der Waals surface area contributed by atoms with E-state index in [1.165, 1.54) is 0 Å². The van der Waals surface area contributed by atoms with Crippen molar-refractivity contribution < 1.29 is 9.84 Å². The molecule has 0 heterocycles. The van der Waals surface area contributed by atoms with Crippen LogP contribution >= 0.6 is 12.2 Å². The number of ether oxygens (including phenoxy) is 1. The minimum absolute atomic E-state index is 0.223. The summed E-state index contributed by atoms with van der Waals surface area (Å²) >= 11 is 4.92. The maximum absolute atomic E-state index is 9.50. The normalized spacial score (nSPS) is 11.1.